The molecular formula is C12H14N4O2S. The lowest BCUT2D eigenvalue weighted by Gasteiger charge is -2.11. The third-order valence-corrected chi connectivity index (χ3v) is 3.47. The molecule has 1 aromatic carbocycles. The van der Waals surface area contributed by atoms with Crippen molar-refractivity contribution in [3.05, 3.63) is 48.3 Å². The van der Waals surface area contributed by atoms with Crippen LogP contribution in [0.25, 0.3) is 0 Å². The molecule has 2 aromatic rings. The highest BCUT2D eigenvalue weighted by molar-refractivity contribution is 7.89. The standard InChI is InChI=1S/C12H14N4O2S/c13-10-3-4-11(12(6-10)19(14,17)18)16-8-9-2-1-5-15-7-9/h1-7,16H,8,13H2,(H2,14,17,18). The second-order valence-corrected chi connectivity index (χ2v) is 5.55. The summed E-state index contributed by atoms with van der Waals surface area (Å²) in [5, 5.41) is 8.17. The molecule has 0 radical (unpaired) electrons. The van der Waals surface area contributed by atoms with E-state index in [2.05, 4.69) is 10.3 Å². The number of aromatic nitrogens is 1. The molecule has 0 unspecified atom stereocenters. The minimum atomic E-state index is -3.82. The average molecular weight is 278 g/mol. The lowest BCUT2D eigenvalue weighted by molar-refractivity contribution is 0.598. The van der Waals surface area contributed by atoms with Crippen molar-refractivity contribution in [2.75, 3.05) is 11.1 Å². The molecule has 0 fully saturated rings. The fourth-order valence-corrected chi connectivity index (χ4v) is 2.37. The van der Waals surface area contributed by atoms with Crippen LogP contribution in [0, 0.1) is 0 Å². The summed E-state index contributed by atoms with van der Waals surface area (Å²) in [6, 6.07) is 8.22. The van der Waals surface area contributed by atoms with Crippen LogP contribution in [0.2, 0.25) is 0 Å². The van der Waals surface area contributed by atoms with E-state index in [-0.39, 0.29) is 4.90 Å². The minimum Gasteiger partial charge on any atom is -0.399 e. The Morgan fingerprint density at radius 1 is 1.26 bits per heavy atom. The van der Waals surface area contributed by atoms with E-state index >= 15 is 0 Å². The van der Waals surface area contributed by atoms with E-state index in [0.717, 1.165) is 5.56 Å². The molecule has 0 saturated carbocycles. The average Bonchev–Trinajstić information content (AvgIpc) is 2.37. The van der Waals surface area contributed by atoms with Crippen LogP contribution in [0.1, 0.15) is 5.56 Å². The van der Waals surface area contributed by atoms with Gasteiger partial charge in [0.15, 0.2) is 0 Å². The predicted octanol–water partition coefficient (Wildman–Crippen LogP) is 0.923. The Bertz CT molecular complexity index is 671. The molecule has 100 valence electrons. The van der Waals surface area contributed by atoms with Crippen LogP contribution in [0.4, 0.5) is 11.4 Å². The maximum atomic E-state index is 11.5. The number of pyridine rings is 1. The van der Waals surface area contributed by atoms with E-state index in [4.69, 9.17) is 10.9 Å². The van der Waals surface area contributed by atoms with E-state index in [9.17, 15) is 8.42 Å². The number of primary sulfonamides is 1. The molecule has 5 N–H and O–H groups in total. The van der Waals surface area contributed by atoms with Crippen LogP contribution in [0.5, 0.6) is 0 Å². The number of hydrogen-bond donors (Lipinski definition) is 3. The van der Waals surface area contributed by atoms with Gasteiger partial charge in [-0.05, 0) is 29.8 Å². The van der Waals surface area contributed by atoms with Gasteiger partial charge < -0.3 is 11.1 Å². The molecule has 7 heteroatoms. The summed E-state index contributed by atoms with van der Waals surface area (Å²) in [5.41, 5.74) is 7.26. The van der Waals surface area contributed by atoms with Gasteiger partial charge in [0, 0.05) is 24.6 Å². The van der Waals surface area contributed by atoms with Crippen LogP contribution in [-0.2, 0) is 16.6 Å². The molecule has 0 aliphatic carbocycles. The molecule has 0 saturated heterocycles. The van der Waals surface area contributed by atoms with Gasteiger partial charge in [-0.3, -0.25) is 4.98 Å². The van der Waals surface area contributed by atoms with Crippen LogP contribution < -0.4 is 16.2 Å². The van der Waals surface area contributed by atoms with Gasteiger partial charge >= 0.3 is 0 Å². The normalized spacial score (nSPS) is 11.2. The van der Waals surface area contributed by atoms with Crippen molar-refractivity contribution in [3.8, 4) is 0 Å². The van der Waals surface area contributed by atoms with Gasteiger partial charge in [-0.25, -0.2) is 13.6 Å². The fourth-order valence-electron chi connectivity index (χ4n) is 1.62. The Kier molecular flexibility index (Phi) is 3.68. The lowest BCUT2D eigenvalue weighted by atomic mass is 10.2. The number of nitrogen functional groups attached to an aromatic ring is 1. The van der Waals surface area contributed by atoms with E-state index in [1.807, 2.05) is 6.07 Å². The van der Waals surface area contributed by atoms with Crippen molar-refractivity contribution in [2.24, 2.45) is 5.14 Å². The molecule has 0 spiro atoms. The number of anilines is 2. The van der Waals surface area contributed by atoms with Crippen molar-refractivity contribution in [2.45, 2.75) is 11.4 Å². The maximum absolute atomic E-state index is 11.5. The number of rotatable bonds is 4. The van der Waals surface area contributed by atoms with Crippen LogP contribution in [0.15, 0.2) is 47.6 Å². The second kappa shape index (κ2) is 5.25. The highest BCUT2D eigenvalue weighted by Gasteiger charge is 2.14. The highest BCUT2D eigenvalue weighted by atomic mass is 32.2. The largest absolute Gasteiger partial charge is 0.399 e. The molecule has 0 aliphatic heterocycles. The Balaban J connectivity index is 2.26. The monoisotopic (exact) mass is 278 g/mol. The lowest BCUT2D eigenvalue weighted by Crippen LogP contribution is -2.15. The van der Waals surface area contributed by atoms with Gasteiger partial charge in [-0.15, -0.1) is 0 Å². The van der Waals surface area contributed by atoms with Crippen molar-refractivity contribution < 1.29 is 8.42 Å². The van der Waals surface area contributed by atoms with Crippen molar-refractivity contribution in [1.82, 2.24) is 4.98 Å². The molecule has 2 rings (SSSR count). The third-order valence-electron chi connectivity index (χ3n) is 2.52. The van der Waals surface area contributed by atoms with E-state index in [1.54, 1.807) is 30.6 Å². The molecule has 1 heterocycles. The summed E-state index contributed by atoms with van der Waals surface area (Å²) in [5.74, 6) is 0. The maximum Gasteiger partial charge on any atom is 0.240 e. The first-order valence-corrected chi connectivity index (χ1v) is 7.06. The summed E-state index contributed by atoms with van der Waals surface area (Å²) in [6.45, 7) is 0.445. The second-order valence-electron chi connectivity index (χ2n) is 4.02. The molecule has 6 nitrogen and oxygen atoms in total. The smallest absolute Gasteiger partial charge is 0.240 e. The molecule has 19 heavy (non-hydrogen) atoms. The first-order valence-electron chi connectivity index (χ1n) is 5.52. The quantitative estimate of drug-likeness (QED) is 0.720. The first kappa shape index (κ1) is 13.3. The molecule has 0 amide bonds. The Morgan fingerprint density at radius 3 is 2.68 bits per heavy atom. The molecule has 0 atom stereocenters. The number of benzene rings is 1. The topological polar surface area (TPSA) is 111 Å². The van der Waals surface area contributed by atoms with Gasteiger partial charge in [-0.2, -0.15) is 0 Å². The van der Waals surface area contributed by atoms with Crippen molar-refractivity contribution in [3.63, 3.8) is 0 Å². The summed E-state index contributed by atoms with van der Waals surface area (Å²) >= 11 is 0. The number of nitrogens with two attached hydrogens (primary N) is 2. The van der Waals surface area contributed by atoms with Gasteiger partial charge in [0.1, 0.15) is 4.90 Å². The first-order chi connectivity index (χ1) is 8.97. The van der Waals surface area contributed by atoms with Crippen LogP contribution in [-0.4, -0.2) is 13.4 Å². The number of nitrogens with one attached hydrogen (secondary N) is 1. The SMILES string of the molecule is Nc1ccc(NCc2cccnc2)c(S(N)(=O)=O)c1. The zero-order chi connectivity index (χ0) is 13.9. The molecule has 0 bridgehead atoms. The molecular weight excluding hydrogens is 264 g/mol. The fraction of sp³-hybridized carbons (Fsp3) is 0.0833. The summed E-state index contributed by atoms with van der Waals surface area (Å²) < 4.78 is 23.0. The van der Waals surface area contributed by atoms with Gasteiger partial charge in [0.2, 0.25) is 10.0 Å². The third kappa shape index (κ3) is 3.43. The van der Waals surface area contributed by atoms with Gasteiger partial charge in [0.05, 0.1) is 5.69 Å². The number of nitrogens with zero attached hydrogens (tertiary/aromatic N) is 1. The van der Waals surface area contributed by atoms with Crippen LogP contribution >= 0.6 is 0 Å². The van der Waals surface area contributed by atoms with Crippen LogP contribution in [0.3, 0.4) is 0 Å². The minimum absolute atomic E-state index is 0.0172. The highest BCUT2D eigenvalue weighted by Crippen LogP contribution is 2.23. The number of sulfonamides is 1. The van der Waals surface area contributed by atoms with Crippen molar-refractivity contribution in [1.29, 1.82) is 0 Å². The Hall–Kier alpha value is -2.12. The van der Waals surface area contributed by atoms with Gasteiger partial charge in [-0.1, -0.05) is 6.07 Å². The Labute approximate surface area is 111 Å². The summed E-state index contributed by atoms with van der Waals surface area (Å²) in [7, 11) is -3.82. The van der Waals surface area contributed by atoms with Gasteiger partial charge in [0.25, 0.3) is 0 Å². The van der Waals surface area contributed by atoms with E-state index in [0.29, 0.717) is 17.9 Å². The molecule has 0 aliphatic rings. The Morgan fingerprint density at radius 2 is 2.05 bits per heavy atom. The molecule has 1 aromatic heterocycles. The predicted molar refractivity (Wildman–Crippen MR) is 73.8 cm³/mol. The van der Waals surface area contributed by atoms with E-state index in [1.165, 1.54) is 6.07 Å². The zero-order valence-electron chi connectivity index (χ0n) is 10.1. The van der Waals surface area contributed by atoms with Crippen molar-refractivity contribution >= 4 is 21.4 Å². The summed E-state index contributed by atoms with van der Waals surface area (Å²) in [4.78, 5) is 3.96. The summed E-state index contributed by atoms with van der Waals surface area (Å²) in [6.07, 6.45) is 3.36. The van der Waals surface area contributed by atoms with E-state index < -0.39 is 10.0 Å². The number of hydrogen-bond acceptors (Lipinski definition) is 5. The zero-order valence-corrected chi connectivity index (χ0v) is 10.9.